The number of thiophene rings is 1. The van der Waals surface area contributed by atoms with Crippen LogP contribution in [-0.2, 0) is 82.8 Å². The van der Waals surface area contributed by atoms with E-state index in [2.05, 4.69) is 61.7 Å². The van der Waals surface area contributed by atoms with Crippen LogP contribution in [0.15, 0.2) is 131 Å². The second kappa shape index (κ2) is 27.6. The molecule has 31 heteroatoms. The number of hydrogen-bond donors (Lipinski definition) is 3. The lowest BCUT2D eigenvalue weighted by Crippen LogP contribution is -2.17. The Labute approximate surface area is 608 Å². The number of carbonyl (C=O) groups is 3. The summed E-state index contributed by atoms with van der Waals surface area (Å²) < 4.78 is 125. The van der Waals surface area contributed by atoms with E-state index in [0.29, 0.717) is 101 Å². The number of carboxylic acids is 3. The number of ether oxygens (including phenoxy) is 1. The standard InChI is InChI=1S/C24H20BrClN2O4S.C22H17BrCl2N2O4S2.C22H19BrF3NO5S/c1-33(31,32)17-10-19-18-7-4-14(8-22(29)30)23(18)28(24(19)20(25)11-17)12-16-6-3-13-2-5-15(26)9-21(13)27-16;1-33(30,31)12-7-14-13-4-2-10(6-17(28)29)20(13)27(21(14)15(23)8-12)9-11-3-5-16-19(26-11)18(24)22(25)32-16;1-33(30,31)15-9-17-16-6-5-13(8-19(28)29)20(16)27(21(17)18(23)10-15)11-12-3-2-4-14(7-12)32-22(24,25)26/h2-3,5-6,9-11,14H,4,7-8,12H2,1H3,(H,29,30);3,5,7-8,10H,2,4,6,9H2,1H3,(H,28,29);2-4,7,9-10,13H,5-6,8,11H2,1H3,(H,28,29). The number of nitrogens with zero attached hydrogens (tertiary/aromatic N) is 5. The van der Waals surface area contributed by atoms with Gasteiger partial charge < -0.3 is 33.8 Å². The average Bonchev–Trinajstić information content (AvgIpc) is 1.59. The lowest BCUT2D eigenvalue weighted by atomic mass is 10.0. The zero-order chi connectivity index (χ0) is 71.3. The zero-order valence-corrected chi connectivity index (χ0v) is 62.5. The summed E-state index contributed by atoms with van der Waals surface area (Å²) >= 11 is 30.6. The van der Waals surface area contributed by atoms with Crippen LogP contribution >= 0.6 is 93.9 Å². The second-order valence-corrected chi connectivity index (χ2v) is 35.8. The van der Waals surface area contributed by atoms with Crippen LogP contribution in [0.4, 0.5) is 13.2 Å². The molecule has 0 fully saturated rings. The van der Waals surface area contributed by atoms with Gasteiger partial charge in [0.05, 0.1) is 90.2 Å². The van der Waals surface area contributed by atoms with Crippen molar-refractivity contribution >= 4 is 195 Å². The van der Waals surface area contributed by atoms with Gasteiger partial charge in [-0.2, -0.15) is 0 Å². The number of aliphatic carboxylic acids is 3. The number of fused-ring (bicyclic) bond motifs is 11. The van der Waals surface area contributed by atoms with Gasteiger partial charge in [0, 0.05) is 100 Å². The van der Waals surface area contributed by atoms with Gasteiger partial charge >= 0.3 is 24.3 Å². The largest absolute Gasteiger partial charge is 0.573 e. The molecule has 6 aromatic heterocycles. The molecule has 0 saturated carbocycles. The highest BCUT2D eigenvalue weighted by Crippen LogP contribution is 2.49. The lowest BCUT2D eigenvalue weighted by molar-refractivity contribution is -0.274. The highest BCUT2D eigenvalue weighted by molar-refractivity contribution is 9.11. The molecule has 518 valence electrons. The zero-order valence-electron chi connectivity index (χ0n) is 52.2. The molecule has 0 aliphatic heterocycles. The smallest absolute Gasteiger partial charge is 0.481 e. The molecule has 3 aliphatic carbocycles. The van der Waals surface area contributed by atoms with E-state index in [1.54, 1.807) is 36.4 Å². The minimum Gasteiger partial charge on any atom is -0.481 e. The number of halogens is 9. The summed E-state index contributed by atoms with van der Waals surface area (Å²) in [5.74, 6) is -3.63. The molecule has 5 aromatic carbocycles. The maximum atomic E-state index is 12.7. The van der Waals surface area contributed by atoms with E-state index >= 15 is 0 Å². The molecule has 0 bridgehead atoms. The molecule has 11 aromatic rings. The molecule has 14 rings (SSSR count). The number of benzene rings is 5. The van der Waals surface area contributed by atoms with Crippen LogP contribution in [0.2, 0.25) is 14.4 Å². The Kier molecular flexibility index (Phi) is 20.2. The van der Waals surface area contributed by atoms with Crippen LogP contribution in [0, 0.1) is 0 Å². The van der Waals surface area contributed by atoms with Crippen molar-refractivity contribution in [3.05, 3.63) is 182 Å². The quantitative estimate of drug-likeness (QED) is 0.0812. The van der Waals surface area contributed by atoms with Crippen molar-refractivity contribution in [1.82, 2.24) is 23.7 Å². The van der Waals surface area contributed by atoms with E-state index in [-0.39, 0.29) is 64.0 Å². The molecule has 6 heterocycles. The van der Waals surface area contributed by atoms with Gasteiger partial charge in [0.25, 0.3) is 0 Å². The number of alkyl halides is 3. The molecular weight excluding hydrogens is 1630 g/mol. The molecule has 18 nitrogen and oxygen atoms in total. The fourth-order valence-electron chi connectivity index (χ4n) is 14.0. The Morgan fingerprint density at radius 1 is 0.566 bits per heavy atom. The third-order valence-electron chi connectivity index (χ3n) is 18.0. The van der Waals surface area contributed by atoms with Gasteiger partial charge in [0.1, 0.15) is 15.6 Å². The first kappa shape index (κ1) is 72.2. The van der Waals surface area contributed by atoms with E-state index in [4.69, 9.17) is 44.8 Å². The lowest BCUT2D eigenvalue weighted by Gasteiger charge is -2.17. The Bertz CT molecular complexity index is 5590. The highest BCUT2D eigenvalue weighted by Gasteiger charge is 2.37. The van der Waals surface area contributed by atoms with Gasteiger partial charge in [0.2, 0.25) is 0 Å². The summed E-state index contributed by atoms with van der Waals surface area (Å²) in [5.41, 5.74) is 11.4. The number of aryl methyl sites for hydroxylation is 3. The fraction of sp³-hybridized carbons (Fsp3) is 0.279. The molecule has 3 unspecified atom stereocenters. The van der Waals surface area contributed by atoms with Gasteiger partial charge in [-0.25, -0.2) is 30.2 Å². The van der Waals surface area contributed by atoms with Crippen molar-refractivity contribution < 1.29 is 72.9 Å². The normalized spacial score (nSPS) is 16.1. The van der Waals surface area contributed by atoms with Crippen molar-refractivity contribution in [2.45, 2.75) is 116 Å². The third kappa shape index (κ3) is 15.0. The highest BCUT2D eigenvalue weighted by atomic mass is 79.9. The van der Waals surface area contributed by atoms with Crippen LogP contribution in [0.3, 0.4) is 0 Å². The van der Waals surface area contributed by atoms with Crippen LogP contribution in [0.1, 0.15) is 107 Å². The molecule has 3 N–H and O–H groups in total. The summed E-state index contributed by atoms with van der Waals surface area (Å²) in [7, 11) is -10.3. The number of rotatable bonds is 16. The first-order valence-corrected chi connectivity index (χ1v) is 40.4. The summed E-state index contributed by atoms with van der Waals surface area (Å²) in [6.45, 7) is 0.980. The number of aromatic nitrogens is 5. The third-order valence-corrected chi connectivity index (χ3v) is 25.2. The molecular formula is C68H56Br3Cl3F3N5O13S4. The Morgan fingerprint density at radius 3 is 1.40 bits per heavy atom. The van der Waals surface area contributed by atoms with Crippen molar-refractivity contribution in [2.24, 2.45) is 0 Å². The number of sulfone groups is 3. The van der Waals surface area contributed by atoms with E-state index < -0.39 is 53.8 Å². The number of carboxylic acid groups (broad SMARTS) is 3. The summed E-state index contributed by atoms with van der Waals surface area (Å²) in [5, 5.41) is 32.7. The molecule has 99 heavy (non-hydrogen) atoms. The topological polar surface area (TPSA) is 264 Å². The monoisotopic (exact) mass is 1680 g/mol. The summed E-state index contributed by atoms with van der Waals surface area (Å²) in [4.78, 5) is 44.7. The minimum atomic E-state index is -4.82. The predicted molar refractivity (Wildman–Crippen MR) is 385 cm³/mol. The first-order chi connectivity index (χ1) is 46.5. The van der Waals surface area contributed by atoms with E-state index in [1.807, 2.05) is 47.0 Å². The van der Waals surface area contributed by atoms with Gasteiger partial charge in [-0.15, -0.1) is 24.5 Å². The van der Waals surface area contributed by atoms with Crippen LogP contribution in [0.25, 0.3) is 53.8 Å². The molecule has 0 radical (unpaired) electrons. The maximum Gasteiger partial charge on any atom is 0.573 e. The van der Waals surface area contributed by atoms with Gasteiger partial charge in [0.15, 0.2) is 29.5 Å². The van der Waals surface area contributed by atoms with E-state index in [0.717, 1.165) is 88.8 Å². The molecule has 3 atom stereocenters. The minimum absolute atomic E-state index is 0.0122. The molecule has 0 spiro atoms. The van der Waals surface area contributed by atoms with Crippen molar-refractivity contribution in [2.75, 3.05) is 18.8 Å². The summed E-state index contributed by atoms with van der Waals surface area (Å²) in [6, 6.07) is 28.6. The van der Waals surface area contributed by atoms with Crippen LogP contribution in [-0.4, -0.2) is 107 Å². The molecule has 0 saturated heterocycles. The Morgan fingerprint density at radius 2 is 0.980 bits per heavy atom. The van der Waals surface area contributed by atoms with Crippen LogP contribution in [0.5, 0.6) is 5.75 Å². The van der Waals surface area contributed by atoms with Gasteiger partial charge in [-0.1, -0.05) is 59.1 Å². The SMILES string of the molecule is CS(=O)(=O)c1cc(Br)c2c(c1)c1c(n2Cc2ccc3ccc(Cl)cc3n2)C(CC(=O)O)CC1.CS(=O)(=O)c1cc(Br)c2c(c1)c1c(n2Cc2ccc3sc(Cl)c(Cl)c3n2)C(CC(=O)O)CC1.CS(=O)(=O)c1cc(Br)c2c(c1)c1c(n2Cc2cccc(OC(F)(F)F)c2)C(CC(=O)O)CC1. The Balaban J connectivity index is 0.000000141. The van der Waals surface area contributed by atoms with Crippen molar-refractivity contribution in [3.63, 3.8) is 0 Å². The average molecular weight is 1680 g/mol. The van der Waals surface area contributed by atoms with Gasteiger partial charge in [-0.3, -0.25) is 19.4 Å². The number of hydrogen-bond acceptors (Lipinski definition) is 13. The summed E-state index contributed by atoms with van der Waals surface area (Å²) in [6.07, 6.45) is 2.57. The fourth-order valence-corrected chi connectivity index (χ4v) is 20.1. The van der Waals surface area contributed by atoms with Crippen molar-refractivity contribution in [3.8, 4) is 5.75 Å². The van der Waals surface area contributed by atoms with E-state index in [9.17, 15) is 68.1 Å². The predicted octanol–water partition coefficient (Wildman–Crippen LogP) is 17.1. The molecule has 3 aliphatic rings. The van der Waals surface area contributed by atoms with Crippen LogP contribution < -0.4 is 4.74 Å². The van der Waals surface area contributed by atoms with Crippen molar-refractivity contribution in [1.29, 1.82) is 0 Å². The Hall–Kier alpha value is -6.60. The first-order valence-electron chi connectivity index (χ1n) is 30.4. The second-order valence-electron chi connectivity index (χ2n) is 24.7. The van der Waals surface area contributed by atoms with E-state index in [1.165, 1.54) is 48.1 Å². The maximum absolute atomic E-state index is 12.7. The number of pyridine rings is 2. The van der Waals surface area contributed by atoms with Gasteiger partial charge in [-0.05, 0) is 187 Å². The molecule has 0 amide bonds.